The third-order valence-corrected chi connectivity index (χ3v) is 3.42. The van der Waals surface area contributed by atoms with Gasteiger partial charge in [0.05, 0.1) is 0 Å². The molecule has 1 atom stereocenters. The molecular weight excluding hydrogens is 280 g/mol. The van der Waals surface area contributed by atoms with Crippen LogP contribution in [0, 0.1) is 0 Å². The quantitative estimate of drug-likeness (QED) is 0.630. The Labute approximate surface area is 100 Å². The molecular formula is C10H11BrO3S. The number of carbonyl (C=O) groups excluding carboxylic acids is 1. The molecule has 0 radical (unpaired) electrons. The van der Waals surface area contributed by atoms with Gasteiger partial charge in [-0.05, 0) is 39.2 Å². The van der Waals surface area contributed by atoms with Crippen molar-refractivity contribution in [2.24, 2.45) is 0 Å². The van der Waals surface area contributed by atoms with Gasteiger partial charge in [-0.3, -0.25) is 4.79 Å². The number of halogens is 1. The SMILES string of the molecule is COCC(=O)c1ccc([S+](C)[O-])cc1Br. The summed E-state index contributed by atoms with van der Waals surface area (Å²) in [6.07, 6.45) is 1.60. The van der Waals surface area contributed by atoms with Crippen molar-refractivity contribution in [3.63, 3.8) is 0 Å². The summed E-state index contributed by atoms with van der Waals surface area (Å²) in [5.41, 5.74) is 0.547. The third-order valence-electron chi connectivity index (χ3n) is 1.85. The van der Waals surface area contributed by atoms with Crippen molar-refractivity contribution in [3.05, 3.63) is 28.2 Å². The summed E-state index contributed by atoms with van der Waals surface area (Å²) in [6, 6.07) is 5.03. The van der Waals surface area contributed by atoms with E-state index in [2.05, 4.69) is 15.9 Å². The first kappa shape index (κ1) is 12.7. The molecule has 0 saturated heterocycles. The van der Waals surface area contributed by atoms with Gasteiger partial charge in [-0.15, -0.1) is 0 Å². The fraction of sp³-hybridized carbons (Fsp3) is 0.300. The van der Waals surface area contributed by atoms with Crippen molar-refractivity contribution in [2.45, 2.75) is 4.90 Å². The summed E-state index contributed by atoms with van der Waals surface area (Å²) in [6.45, 7) is 0.0488. The van der Waals surface area contributed by atoms with E-state index in [-0.39, 0.29) is 12.4 Å². The molecule has 0 spiro atoms. The lowest BCUT2D eigenvalue weighted by Crippen LogP contribution is -2.08. The van der Waals surface area contributed by atoms with Crippen LogP contribution in [0.3, 0.4) is 0 Å². The van der Waals surface area contributed by atoms with E-state index in [0.717, 1.165) is 0 Å². The van der Waals surface area contributed by atoms with Crippen molar-refractivity contribution >= 4 is 32.9 Å². The first-order valence-electron chi connectivity index (χ1n) is 4.21. The topological polar surface area (TPSA) is 49.4 Å². The van der Waals surface area contributed by atoms with Crippen LogP contribution in [0.25, 0.3) is 0 Å². The minimum absolute atomic E-state index is 0.0488. The Balaban J connectivity index is 2.98. The molecule has 0 fully saturated rings. The first-order valence-corrected chi connectivity index (χ1v) is 6.56. The van der Waals surface area contributed by atoms with E-state index in [1.807, 2.05) is 0 Å². The number of Topliss-reactive ketones (excluding diaryl/α,β-unsaturated/α-hetero) is 1. The summed E-state index contributed by atoms with van der Waals surface area (Å²) >= 11 is 2.24. The van der Waals surface area contributed by atoms with Crippen molar-refractivity contribution in [1.29, 1.82) is 0 Å². The maximum Gasteiger partial charge on any atom is 0.189 e. The summed E-state index contributed by atoms with van der Waals surface area (Å²) in [4.78, 5) is 12.2. The highest BCUT2D eigenvalue weighted by Gasteiger charge is 2.13. The van der Waals surface area contributed by atoms with Crippen LogP contribution in [0.15, 0.2) is 27.6 Å². The molecule has 82 valence electrons. The standard InChI is InChI=1S/C10H11BrO3S/c1-14-6-10(12)8-4-3-7(15(2)13)5-9(8)11/h3-5H,6H2,1-2H3. The van der Waals surface area contributed by atoms with E-state index in [1.54, 1.807) is 24.5 Å². The molecule has 0 heterocycles. The lowest BCUT2D eigenvalue weighted by molar-refractivity contribution is 0.0847. The summed E-state index contributed by atoms with van der Waals surface area (Å²) < 4.78 is 16.6. The zero-order valence-corrected chi connectivity index (χ0v) is 10.9. The predicted octanol–water partition coefficient (Wildman–Crippen LogP) is 2.02. The number of ether oxygens (including phenoxy) is 1. The highest BCUT2D eigenvalue weighted by atomic mass is 79.9. The van der Waals surface area contributed by atoms with Gasteiger partial charge >= 0.3 is 0 Å². The monoisotopic (exact) mass is 290 g/mol. The highest BCUT2D eigenvalue weighted by Crippen LogP contribution is 2.21. The van der Waals surface area contributed by atoms with Crippen LogP contribution in [0.4, 0.5) is 0 Å². The molecule has 0 aromatic heterocycles. The number of methoxy groups -OCH3 is 1. The average Bonchev–Trinajstić information content (AvgIpc) is 2.17. The van der Waals surface area contributed by atoms with Crippen LogP contribution in [0.1, 0.15) is 10.4 Å². The Hall–Kier alpha value is -0.360. The summed E-state index contributed by atoms with van der Waals surface area (Å²) in [5.74, 6) is -0.0992. The highest BCUT2D eigenvalue weighted by molar-refractivity contribution is 9.10. The van der Waals surface area contributed by atoms with E-state index in [9.17, 15) is 9.35 Å². The molecule has 0 N–H and O–H groups in total. The Kier molecular flexibility index (Phi) is 4.79. The number of hydrogen-bond acceptors (Lipinski definition) is 3. The second kappa shape index (κ2) is 5.65. The lowest BCUT2D eigenvalue weighted by Gasteiger charge is -2.07. The van der Waals surface area contributed by atoms with Crippen molar-refractivity contribution in [2.75, 3.05) is 20.0 Å². The Morgan fingerprint density at radius 2 is 2.27 bits per heavy atom. The van der Waals surface area contributed by atoms with Gasteiger partial charge in [0.2, 0.25) is 0 Å². The van der Waals surface area contributed by atoms with Gasteiger partial charge in [0, 0.05) is 23.2 Å². The van der Waals surface area contributed by atoms with Gasteiger partial charge in [0.25, 0.3) is 0 Å². The molecule has 0 aliphatic rings. The first-order chi connectivity index (χ1) is 7.06. The van der Waals surface area contributed by atoms with E-state index in [1.165, 1.54) is 7.11 Å². The smallest absolute Gasteiger partial charge is 0.189 e. The normalized spacial score (nSPS) is 12.5. The van der Waals surface area contributed by atoms with Crippen LogP contribution in [0.2, 0.25) is 0 Å². The number of benzene rings is 1. The summed E-state index contributed by atoms with van der Waals surface area (Å²) in [7, 11) is 1.47. The molecule has 3 nitrogen and oxygen atoms in total. The second-order valence-electron chi connectivity index (χ2n) is 2.95. The van der Waals surface area contributed by atoms with Crippen LogP contribution >= 0.6 is 15.9 Å². The molecule has 0 aliphatic carbocycles. The second-order valence-corrected chi connectivity index (χ2v) is 5.19. The fourth-order valence-corrected chi connectivity index (χ4v) is 2.40. The minimum Gasteiger partial charge on any atom is -0.612 e. The molecule has 5 heteroatoms. The average molecular weight is 291 g/mol. The van der Waals surface area contributed by atoms with Crippen LogP contribution in [-0.4, -0.2) is 30.3 Å². The molecule has 15 heavy (non-hydrogen) atoms. The fourth-order valence-electron chi connectivity index (χ4n) is 1.11. The Morgan fingerprint density at radius 3 is 2.73 bits per heavy atom. The van der Waals surface area contributed by atoms with E-state index < -0.39 is 11.2 Å². The van der Waals surface area contributed by atoms with Gasteiger partial charge in [0.15, 0.2) is 10.7 Å². The van der Waals surface area contributed by atoms with E-state index >= 15 is 0 Å². The summed E-state index contributed by atoms with van der Waals surface area (Å²) in [5, 5.41) is 0. The zero-order valence-electron chi connectivity index (χ0n) is 8.45. The van der Waals surface area contributed by atoms with Gasteiger partial charge in [-0.2, -0.15) is 0 Å². The maximum absolute atomic E-state index is 11.5. The molecule has 1 aromatic carbocycles. The largest absolute Gasteiger partial charge is 0.612 e. The number of carbonyl (C=O) groups is 1. The number of hydrogen-bond donors (Lipinski definition) is 0. The minimum atomic E-state index is -1.04. The molecule has 1 rings (SSSR count). The number of rotatable bonds is 4. The van der Waals surface area contributed by atoms with Gasteiger partial charge in [-0.1, -0.05) is 0 Å². The van der Waals surface area contributed by atoms with Crippen molar-refractivity contribution < 1.29 is 14.1 Å². The molecule has 1 aromatic rings. The van der Waals surface area contributed by atoms with Gasteiger partial charge < -0.3 is 9.29 Å². The maximum atomic E-state index is 11.5. The van der Waals surface area contributed by atoms with Gasteiger partial charge in [0.1, 0.15) is 12.9 Å². The van der Waals surface area contributed by atoms with Crippen LogP contribution < -0.4 is 0 Å². The molecule has 0 aliphatic heterocycles. The molecule has 0 amide bonds. The lowest BCUT2D eigenvalue weighted by atomic mass is 10.1. The predicted molar refractivity (Wildman–Crippen MR) is 62.7 cm³/mol. The molecule has 0 bridgehead atoms. The van der Waals surface area contributed by atoms with E-state index in [4.69, 9.17) is 4.74 Å². The Bertz CT molecular complexity index is 366. The van der Waals surface area contributed by atoms with E-state index in [0.29, 0.717) is 14.9 Å². The zero-order chi connectivity index (χ0) is 11.4. The molecule has 0 saturated carbocycles. The third kappa shape index (κ3) is 3.31. The number of ketones is 1. The van der Waals surface area contributed by atoms with Gasteiger partial charge in [-0.25, -0.2) is 0 Å². The van der Waals surface area contributed by atoms with Crippen LogP contribution in [-0.2, 0) is 15.9 Å². The Morgan fingerprint density at radius 1 is 1.60 bits per heavy atom. The van der Waals surface area contributed by atoms with Crippen LogP contribution in [0.5, 0.6) is 0 Å². The van der Waals surface area contributed by atoms with Crippen molar-refractivity contribution in [1.82, 2.24) is 0 Å². The van der Waals surface area contributed by atoms with Crippen molar-refractivity contribution in [3.8, 4) is 0 Å². The molecule has 1 unspecified atom stereocenters.